The number of hydrogen-bond acceptors (Lipinski definition) is 4. The van der Waals surface area contributed by atoms with E-state index >= 15 is 0 Å². The smallest absolute Gasteiger partial charge is 0.156 e. The molecule has 0 saturated carbocycles. The zero-order valence-corrected chi connectivity index (χ0v) is 9.41. The maximum absolute atomic E-state index is 4.46. The van der Waals surface area contributed by atoms with Gasteiger partial charge < -0.3 is 10.6 Å². The quantitative estimate of drug-likeness (QED) is 0.720. The summed E-state index contributed by atoms with van der Waals surface area (Å²) in [6.07, 6.45) is 3.92. The monoisotopic (exact) mass is 213 g/mol. The molecule has 0 radical (unpaired) electrons. The Morgan fingerprint density at radius 2 is 2.50 bits per heavy atom. The van der Waals surface area contributed by atoms with Crippen molar-refractivity contribution in [2.45, 2.75) is 19.3 Å². The molecule has 0 bridgehead atoms. The van der Waals surface area contributed by atoms with Gasteiger partial charge in [-0.25, -0.2) is 0 Å². The van der Waals surface area contributed by atoms with Crippen LogP contribution in [0.15, 0.2) is 4.99 Å². The zero-order valence-electron chi connectivity index (χ0n) is 8.59. The van der Waals surface area contributed by atoms with E-state index in [1.165, 1.54) is 43.3 Å². The van der Waals surface area contributed by atoms with Crippen molar-refractivity contribution >= 4 is 16.9 Å². The lowest BCUT2D eigenvalue weighted by Crippen LogP contribution is -2.37. The molecular formula is C10H19N3S. The number of rotatable bonds is 2. The molecule has 80 valence electrons. The largest absolute Gasteiger partial charge is 0.365 e. The Bertz CT molecular complexity index is 200. The fourth-order valence-electron chi connectivity index (χ4n) is 1.90. The summed E-state index contributed by atoms with van der Waals surface area (Å²) in [4.78, 5) is 4.46. The molecule has 1 saturated heterocycles. The number of piperidine rings is 1. The number of amidine groups is 1. The van der Waals surface area contributed by atoms with Gasteiger partial charge in [0.25, 0.3) is 0 Å². The summed E-state index contributed by atoms with van der Waals surface area (Å²) in [6, 6.07) is 0. The molecule has 0 aromatic rings. The van der Waals surface area contributed by atoms with E-state index in [2.05, 4.69) is 15.6 Å². The number of aliphatic imine (C=N–C) groups is 1. The first-order valence-electron chi connectivity index (χ1n) is 5.57. The van der Waals surface area contributed by atoms with Crippen molar-refractivity contribution in [1.82, 2.24) is 10.6 Å². The summed E-state index contributed by atoms with van der Waals surface area (Å²) < 4.78 is 0. The Morgan fingerprint density at radius 3 is 3.21 bits per heavy atom. The fraction of sp³-hybridized carbons (Fsp3) is 0.900. The maximum Gasteiger partial charge on any atom is 0.156 e. The minimum atomic E-state index is 0.800. The van der Waals surface area contributed by atoms with Crippen LogP contribution in [0.5, 0.6) is 0 Å². The standard InChI is InChI=1S/C10H19N3S/c1-3-9(7-11-4-1)8-13-10-12-5-2-6-14-10/h9,11H,1-8H2,(H,12,13). The predicted octanol–water partition coefficient (Wildman–Crippen LogP) is 1.07. The number of hydrogen-bond donors (Lipinski definition) is 2. The Kier molecular flexibility index (Phi) is 4.13. The molecule has 0 amide bonds. The molecule has 2 heterocycles. The highest BCUT2D eigenvalue weighted by atomic mass is 32.2. The lowest BCUT2D eigenvalue weighted by molar-refractivity contribution is 0.376. The van der Waals surface area contributed by atoms with E-state index in [1.807, 2.05) is 11.8 Å². The molecule has 0 aromatic heterocycles. The van der Waals surface area contributed by atoms with Crippen LogP contribution in [0.2, 0.25) is 0 Å². The van der Waals surface area contributed by atoms with Crippen LogP contribution >= 0.6 is 11.8 Å². The number of thioether (sulfide) groups is 1. The van der Waals surface area contributed by atoms with E-state index in [4.69, 9.17) is 0 Å². The second-order valence-electron chi connectivity index (χ2n) is 3.98. The van der Waals surface area contributed by atoms with Crippen molar-refractivity contribution < 1.29 is 0 Å². The van der Waals surface area contributed by atoms with Crippen LogP contribution in [0.4, 0.5) is 0 Å². The van der Waals surface area contributed by atoms with E-state index in [-0.39, 0.29) is 0 Å². The topological polar surface area (TPSA) is 36.4 Å². The van der Waals surface area contributed by atoms with Crippen molar-refractivity contribution in [3.8, 4) is 0 Å². The summed E-state index contributed by atoms with van der Waals surface area (Å²) in [5.41, 5.74) is 0. The van der Waals surface area contributed by atoms with Gasteiger partial charge in [0.2, 0.25) is 0 Å². The van der Waals surface area contributed by atoms with Gasteiger partial charge in [0, 0.05) is 18.8 Å². The van der Waals surface area contributed by atoms with Gasteiger partial charge in [-0.15, -0.1) is 0 Å². The van der Waals surface area contributed by atoms with E-state index in [0.717, 1.165) is 19.0 Å². The van der Waals surface area contributed by atoms with Crippen molar-refractivity contribution in [3.05, 3.63) is 0 Å². The number of nitrogens with one attached hydrogen (secondary N) is 2. The van der Waals surface area contributed by atoms with Crippen LogP contribution in [0.25, 0.3) is 0 Å². The van der Waals surface area contributed by atoms with E-state index in [0.29, 0.717) is 0 Å². The second-order valence-corrected chi connectivity index (χ2v) is 5.07. The lowest BCUT2D eigenvalue weighted by atomic mass is 10.00. The third kappa shape index (κ3) is 3.17. The molecule has 4 heteroatoms. The minimum Gasteiger partial charge on any atom is -0.365 e. The van der Waals surface area contributed by atoms with Crippen LogP contribution in [-0.4, -0.2) is 37.1 Å². The van der Waals surface area contributed by atoms with E-state index in [9.17, 15) is 0 Å². The van der Waals surface area contributed by atoms with E-state index in [1.54, 1.807) is 0 Å². The SMILES string of the molecule is C1CN=C(NCC2CCCNC2)SC1. The molecule has 1 fully saturated rings. The molecule has 0 aliphatic carbocycles. The molecule has 0 aromatic carbocycles. The van der Waals surface area contributed by atoms with Crippen molar-refractivity contribution in [2.75, 3.05) is 31.9 Å². The Labute approximate surface area is 90.1 Å². The molecule has 14 heavy (non-hydrogen) atoms. The molecular weight excluding hydrogens is 194 g/mol. The lowest BCUT2D eigenvalue weighted by Gasteiger charge is -2.24. The van der Waals surface area contributed by atoms with Gasteiger partial charge in [-0.2, -0.15) is 0 Å². The van der Waals surface area contributed by atoms with Gasteiger partial charge in [-0.1, -0.05) is 11.8 Å². The van der Waals surface area contributed by atoms with Crippen LogP contribution in [-0.2, 0) is 0 Å². The third-order valence-electron chi connectivity index (χ3n) is 2.74. The Balaban J connectivity index is 1.67. The first kappa shape index (κ1) is 10.3. The highest BCUT2D eigenvalue weighted by molar-refractivity contribution is 8.13. The summed E-state index contributed by atoms with van der Waals surface area (Å²) in [6.45, 7) is 4.48. The predicted molar refractivity (Wildman–Crippen MR) is 63.0 cm³/mol. The first-order chi connectivity index (χ1) is 6.95. The molecule has 3 nitrogen and oxygen atoms in total. The third-order valence-corrected chi connectivity index (χ3v) is 3.78. The van der Waals surface area contributed by atoms with Gasteiger partial charge in [-0.3, -0.25) is 4.99 Å². The summed E-state index contributed by atoms with van der Waals surface area (Å²) in [5, 5.41) is 8.07. The van der Waals surface area contributed by atoms with E-state index < -0.39 is 0 Å². The average Bonchev–Trinajstić information content (AvgIpc) is 2.29. The van der Waals surface area contributed by atoms with Crippen LogP contribution in [0.1, 0.15) is 19.3 Å². The molecule has 2 aliphatic rings. The molecule has 1 atom stereocenters. The van der Waals surface area contributed by atoms with Crippen molar-refractivity contribution in [2.24, 2.45) is 10.9 Å². The molecule has 2 N–H and O–H groups in total. The van der Waals surface area contributed by atoms with Gasteiger partial charge in [0.05, 0.1) is 0 Å². The van der Waals surface area contributed by atoms with Gasteiger partial charge in [0.1, 0.15) is 0 Å². The Morgan fingerprint density at radius 1 is 1.50 bits per heavy atom. The normalized spacial score (nSPS) is 28.3. The minimum absolute atomic E-state index is 0.800. The van der Waals surface area contributed by atoms with Gasteiger partial charge in [0.15, 0.2) is 5.17 Å². The van der Waals surface area contributed by atoms with Crippen molar-refractivity contribution in [1.29, 1.82) is 0 Å². The average molecular weight is 213 g/mol. The summed E-state index contributed by atoms with van der Waals surface area (Å²) in [7, 11) is 0. The zero-order chi connectivity index (χ0) is 9.64. The summed E-state index contributed by atoms with van der Waals surface area (Å²) >= 11 is 1.87. The molecule has 1 unspecified atom stereocenters. The van der Waals surface area contributed by atoms with Crippen molar-refractivity contribution in [3.63, 3.8) is 0 Å². The maximum atomic E-state index is 4.46. The highest BCUT2D eigenvalue weighted by Gasteiger charge is 2.13. The molecule has 2 aliphatic heterocycles. The Hall–Kier alpha value is -0.220. The van der Waals surface area contributed by atoms with Crippen LogP contribution in [0.3, 0.4) is 0 Å². The van der Waals surface area contributed by atoms with Gasteiger partial charge in [-0.05, 0) is 38.3 Å². The summed E-state index contributed by atoms with van der Waals surface area (Å²) in [5.74, 6) is 2.03. The second kappa shape index (κ2) is 5.61. The molecule has 2 rings (SSSR count). The fourth-order valence-corrected chi connectivity index (χ4v) is 2.73. The number of nitrogens with zero attached hydrogens (tertiary/aromatic N) is 1. The molecule has 0 spiro atoms. The van der Waals surface area contributed by atoms with Gasteiger partial charge >= 0.3 is 0 Å². The first-order valence-corrected chi connectivity index (χ1v) is 6.55. The van der Waals surface area contributed by atoms with Crippen LogP contribution < -0.4 is 10.6 Å². The van der Waals surface area contributed by atoms with Crippen LogP contribution in [0, 0.1) is 5.92 Å². The highest BCUT2D eigenvalue weighted by Crippen LogP contribution is 2.12.